The first-order chi connectivity index (χ1) is 11.4. The lowest BCUT2D eigenvalue weighted by molar-refractivity contribution is 0.108. The van der Waals surface area contributed by atoms with E-state index in [0.29, 0.717) is 5.92 Å². The molecule has 0 aromatic heterocycles. The third kappa shape index (κ3) is 4.35. The lowest BCUT2D eigenvalue weighted by atomic mass is 9.90. The predicted octanol–water partition coefficient (Wildman–Crippen LogP) is 4.90. The molecule has 0 radical (unpaired) electrons. The van der Waals surface area contributed by atoms with Gasteiger partial charge in [0, 0.05) is 5.92 Å². The monoisotopic (exact) mass is 309 g/mol. The molecule has 3 rings (SSSR count). The third-order valence-corrected chi connectivity index (χ3v) is 4.64. The summed E-state index contributed by atoms with van der Waals surface area (Å²) in [7, 11) is 0. The van der Waals surface area contributed by atoms with E-state index in [1.807, 2.05) is 0 Å². The van der Waals surface area contributed by atoms with Crippen molar-refractivity contribution in [1.29, 1.82) is 0 Å². The Morgan fingerprint density at radius 2 is 1.83 bits per heavy atom. The number of hydrogen-bond donors (Lipinski definition) is 1. The Hall–Kier alpha value is -1.80. The Morgan fingerprint density at radius 3 is 2.57 bits per heavy atom. The number of piperidine rings is 1. The Labute approximate surface area is 139 Å². The first kappa shape index (κ1) is 16.1. The molecule has 122 valence electrons. The first-order valence-corrected chi connectivity index (χ1v) is 8.91. The SMILES string of the molecule is CCCCc1ccc(OC2NCCCC2c2ccccc2)cc1. The van der Waals surface area contributed by atoms with Gasteiger partial charge in [0.1, 0.15) is 5.75 Å². The highest BCUT2D eigenvalue weighted by Crippen LogP contribution is 2.29. The second-order valence-corrected chi connectivity index (χ2v) is 6.40. The number of rotatable bonds is 6. The molecule has 1 N–H and O–H groups in total. The van der Waals surface area contributed by atoms with E-state index in [4.69, 9.17) is 4.74 Å². The van der Waals surface area contributed by atoms with Crippen LogP contribution in [0.3, 0.4) is 0 Å². The molecule has 1 aliphatic rings. The van der Waals surface area contributed by atoms with Gasteiger partial charge in [0.25, 0.3) is 0 Å². The van der Waals surface area contributed by atoms with Crippen LogP contribution >= 0.6 is 0 Å². The van der Waals surface area contributed by atoms with Gasteiger partial charge in [0.15, 0.2) is 6.23 Å². The highest BCUT2D eigenvalue weighted by molar-refractivity contribution is 5.28. The molecular weight excluding hydrogens is 282 g/mol. The molecule has 0 saturated carbocycles. The van der Waals surface area contributed by atoms with Gasteiger partial charge in [-0.2, -0.15) is 0 Å². The summed E-state index contributed by atoms with van der Waals surface area (Å²) in [6.07, 6.45) is 6.09. The van der Waals surface area contributed by atoms with Crippen molar-refractivity contribution < 1.29 is 4.74 Å². The van der Waals surface area contributed by atoms with Crippen LogP contribution in [0.25, 0.3) is 0 Å². The van der Waals surface area contributed by atoms with Crippen molar-refractivity contribution in [3.05, 3.63) is 65.7 Å². The molecule has 2 unspecified atom stereocenters. The topological polar surface area (TPSA) is 21.3 Å². The largest absolute Gasteiger partial charge is 0.475 e. The average Bonchev–Trinajstić information content (AvgIpc) is 2.62. The molecule has 2 heteroatoms. The Kier molecular flexibility index (Phi) is 5.71. The Morgan fingerprint density at radius 1 is 1.04 bits per heavy atom. The van der Waals surface area contributed by atoms with Crippen LogP contribution in [0, 0.1) is 0 Å². The van der Waals surface area contributed by atoms with E-state index in [1.54, 1.807) is 0 Å². The van der Waals surface area contributed by atoms with Gasteiger partial charge in [-0.25, -0.2) is 0 Å². The summed E-state index contributed by atoms with van der Waals surface area (Å²) in [4.78, 5) is 0. The molecule has 0 aliphatic carbocycles. The van der Waals surface area contributed by atoms with Crippen molar-refractivity contribution in [3.63, 3.8) is 0 Å². The summed E-state index contributed by atoms with van der Waals surface area (Å²) in [5.74, 6) is 1.38. The van der Waals surface area contributed by atoms with E-state index >= 15 is 0 Å². The number of ether oxygens (including phenoxy) is 1. The molecule has 1 heterocycles. The quantitative estimate of drug-likeness (QED) is 0.819. The van der Waals surface area contributed by atoms with Gasteiger partial charge in [-0.1, -0.05) is 55.8 Å². The summed E-state index contributed by atoms with van der Waals surface area (Å²) < 4.78 is 6.27. The molecule has 1 saturated heterocycles. The molecule has 2 aromatic rings. The maximum Gasteiger partial charge on any atom is 0.157 e. The molecule has 0 spiro atoms. The minimum atomic E-state index is 0.0626. The van der Waals surface area contributed by atoms with Crippen LogP contribution in [0.4, 0.5) is 0 Å². The molecule has 1 aliphatic heterocycles. The van der Waals surface area contributed by atoms with Crippen LogP contribution in [0.1, 0.15) is 49.7 Å². The van der Waals surface area contributed by atoms with Gasteiger partial charge >= 0.3 is 0 Å². The second-order valence-electron chi connectivity index (χ2n) is 6.40. The van der Waals surface area contributed by atoms with E-state index in [2.05, 4.69) is 66.8 Å². The molecule has 0 bridgehead atoms. The van der Waals surface area contributed by atoms with Gasteiger partial charge in [-0.05, 0) is 55.5 Å². The number of benzene rings is 2. The maximum atomic E-state index is 6.27. The lowest BCUT2D eigenvalue weighted by Crippen LogP contribution is -2.44. The molecule has 23 heavy (non-hydrogen) atoms. The lowest BCUT2D eigenvalue weighted by Gasteiger charge is -2.33. The summed E-state index contributed by atoms with van der Waals surface area (Å²) in [6.45, 7) is 3.26. The van der Waals surface area contributed by atoms with Crippen molar-refractivity contribution in [2.45, 2.75) is 51.2 Å². The van der Waals surface area contributed by atoms with E-state index in [9.17, 15) is 0 Å². The fourth-order valence-corrected chi connectivity index (χ4v) is 3.29. The normalized spacial score (nSPS) is 21.1. The van der Waals surface area contributed by atoms with Crippen LogP contribution in [-0.4, -0.2) is 12.8 Å². The molecule has 2 nitrogen and oxygen atoms in total. The highest BCUT2D eigenvalue weighted by Gasteiger charge is 2.27. The third-order valence-electron chi connectivity index (χ3n) is 4.64. The molecule has 0 amide bonds. The van der Waals surface area contributed by atoms with E-state index in [1.165, 1.54) is 36.8 Å². The first-order valence-electron chi connectivity index (χ1n) is 8.91. The second kappa shape index (κ2) is 8.16. The van der Waals surface area contributed by atoms with E-state index < -0.39 is 0 Å². The van der Waals surface area contributed by atoms with Crippen molar-refractivity contribution in [2.75, 3.05) is 6.54 Å². The van der Waals surface area contributed by atoms with Gasteiger partial charge in [0.2, 0.25) is 0 Å². The van der Waals surface area contributed by atoms with E-state index in [-0.39, 0.29) is 6.23 Å². The summed E-state index contributed by atoms with van der Waals surface area (Å²) >= 11 is 0. The maximum absolute atomic E-state index is 6.27. The fraction of sp³-hybridized carbons (Fsp3) is 0.429. The van der Waals surface area contributed by atoms with Gasteiger partial charge in [0.05, 0.1) is 0 Å². The molecular formula is C21H27NO. The van der Waals surface area contributed by atoms with Crippen LogP contribution in [0.2, 0.25) is 0 Å². The number of unbranched alkanes of at least 4 members (excludes halogenated alkanes) is 1. The zero-order valence-corrected chi connectivity index (χ0v) is 14.0. The summed E-state index contributed by atoms with van der Waals surface area (Å²) in [5, 5.41) is 3.54. The number of nitrogens with one attached hydrogen (secondary N) is 1. The van der Waals surface area contributed by atoms with Crippen molar-refractivity contribution >= 4 is 0 Å². The zero-order valence-electron chi connectivity index (χ0n) is 14.0. The van der Waals surface area contributed by atoms with Crippen molar-refractivity contribution in [1.82, 2.24) is 5.32 Å². The van der Waals surface area contributed by atoms with E-state index in [0.717, 1.165) is 18.7 Å². The van der Waals surface area contributed by atoms with Crippen molar-refractivity contribution in [3.8, 4) is 5.75 Å². The minimum absolute atomic E-state index is 0.0626. The van der Waals surface area contributed by atoms with Crippen LogP contribution in [0.5, 0.6) is 5.75 Å². The smallest absolute Gasteiger partial charge is 0.157 e. The molecule has 2 aromatic carbocycles. The predicted molar refractivity (Wildman–Crippen MR) is 95.9 cm³/mol. The van der Waals surface area contributed by atoms with Crippen LogP contribution < -0.4 is 10.1 Å². The summed E-state index contributed by atoms with van der Waals surface area (Å²) in [6, 6.07) is 19.4. The zero-order chi connectivity index (χ0) is 15.9. The standard InChI is InChI=1S/C21H27NO/c1-2-3-8-17-12-14-19(15-13-17)23-21-20(11-7-16-22-21)18-9-5-4-6-10-18/h4-6,9-10,12-15,20-22H,2-3,7-8,11,16H2,1H3. The van der Waals surface area contributed by atoms with Gasteiger partial charge in [-0.15, -0.1) is 0 Å². The minimum Gasteiger partial charge on any atom is -0.475 e. The average molecular weight is 309 g/mol. The van der Waals surface area contributed by atoms with Crippen LogP contribution in [0.15, 0.2) is 54.6 Å². The molecule has 1 fully saturated rings. The Balaban J connectivity index is 1.67. The highest BCUT2D eigenvalue weighted by atomic mass is 16.5. The number of hydrogen-bond acceptors (Lipinski definition) is 2. The fourth-order valence-electron chi connectivity index (χ4n) is 3.29. The van der Waals surface area contributed by atoms with Crippen LogP contribution in [-0.2, 0) is 6.42 Å². The Bertz CT molecular complexity index is 579. The van der Waals surface area contributed by atoms with Gasteiger partial charge in [-0.3, -0.25) is 5.32 Å². The van der Waals surface area contributed by atoms with Gasteiger partial charge < -0.3 is 4.74 Å². The van der Waals surface area contributed by atoms with Crippen molar-refractivity contribution in [2.24, 2.45) is 0 Å². The summed E-state index contributed by atoms with van der Waals surface area (Å²) in [5.41, 5.74) is 2.76. The number of aryl methyl sites for hydroxylation is 1. The molecule has 2 atom stereocenters.